The van der Waals surface area contributed by atoms with E-state index in [9.17, 15) is 4.79 Å². The van der Waals surface area contributed by atoms with Crippen molar-refractivity contribution in [2.75, 3.05) is 36.5 Å². The quantitative estimate of drug-likeness (QED) is 0.456. The van der Waals surface area contributed by atoms with E-state index in [1.807, 2.05) is 37.3 Å². The number of hydrogen-bond donors (Lipinski definition) is 1. The fourth-order valence-corrected chi connectivity index (χ4v) is 4.89. The van der Waals surface area contributed by atoms with Crippen LogP contribution in [0.3, 0.4) is 0 Å². The molecule has 4 rings (SSSR count). The molecule has 2 atom stereocenters. The molecule has 1 aromatic heterocycles. The van der Waals surface area contributed by atoms with Gasteiger partial charge in [-0.05, 0) is 49.4 Å². The fourth-order valence-electron chi connectivity index (χ4n) is 4.04. The number of hydrogen-bond acceptors (Lipinski definition) is 6. The van der Waals surface area contributed by atoms with Crippen molar-refractivity contribution in [1.29, 1.82) is 0 Å². The maximum absolute atomic E-state index is 13.2. The van der Waals surface area contributed by atoms with Crippen molar-refractivity contribution < 1.29 is 9.53 Å². The number of amides is 1. The van der Waals surface area contributed by atoms with Crippen molar-refractivity contribution in [1.82, 2.24) is 14.8 Å². The summed E-state index contributed by atoms with van der Waals surface area (Å²) in [7, 11) is 0. The lowest BCUT2D eigenvalue weighted by atomic mass is 9.97. The van der Waals surface area contributed by atoms with Gasteiger partial charge in [-0.15, -0.1) is 10.2 Å². The molecule has 3 aromatic rings. The predicted molar refractivity (Wildman–Crippen MR) is 138 cm³/mol. The van der Waals surface area contributed by atoms with Gasteiger partial charge in [-0.2, -0.15) is 0 Å². The number of aromatic nitrogens is 3. The summed E-state index contributed by atoms with van der Waals surface area (Å²) in [5.41, 5.74) is 4.18. The van der Waals surface area contributed by atoms with Crippen LogP contribution in [0.15, 0.2) is 53.7 Å². The second-order valence-electron chi connectivity index (χ2n) is 8.65. The van der Waals surface area contributed by atoms with Crippen molar-refractivity contribution in [3.05, 3.63) is 59.7 Å². The van der Waals surface area contributed by atoms with Gasteiger partial charge in [0.2, 0.25) is 11.9 Å². The highest BCUT2D eigenvalue weighted by Gasteiger charge is 2.26. The Labute approximate surface area is 205 Å². The highest BCUT2D eigenvalue weighted by molar-refractivity contribution is 8.00. The summed E-state index contributed by atoms with van der Waals surface area (Å²) in [5, 5.41) is 12.5. The summed E-state index contributed by atoms with van der Waals surface area (Å²) in [4.78, 5) is 15.4. The largest absolute Gasteiger partial charge is 0.378 e. The molecule has 1 saturated heterocycles. The van der Waals surface area contributed by atoms with Gasteiger partial charge in [-0.3, -0.25) is 9.36 Å². The number of aryl methyl sites for hydroxylation is 1. The molecule has 0 bridgehead atoms. The van der Waals surface area contributed by atoms with Crippen LogP contribution in [-0.2, 0) is 9.53 Å². The summed E-state index contributed by atoms with van der Waals surface area (Å²) in [6.07, 6.45) is 1.01. The molecule has 8 heteroatoms. The van der Waals surface area contributed by atoms with Crippen LogP contribution in [0.1, 0.15) is 44.2 Å². The highest BCUT2D eigenvalue weighted by Crippen LogP contribution is 2.32. The van der Waals surface area contributed by atoms with Gasteiger partial charge in [0.25, 0.3) is 0 Å². The minimum Gasteiger partial charge on any atom is -0.378 e. The molecule has 1 fully saturated rings. The van der Waals surface area contributed by atoms with Crippen molar-refractivity contribution >= 4 is 29.3 Å². The Kier molecular flexibility index (Phi) is 7.90. The number of benzene rings is 2. The number of nitrogens with one attached hydrogen (secondary N) is 1. The Bertz CT molecular complexity index is 1130. The predicted octanol–water partition coefficient (Wildman–Crippen LogP) is 5.05. The average Bonchev–Trinajstić information content (AvgIpc) is 3.27. The van der Waals surface area contributed by atoms with Crippen LogP contribution in [0.4, 0.5) is 11.6 Å². The van der Waals surface area contributed by atoms with Gasteiger partial charge in [-0.25, -0.2) is 0 Å². The van der Waals surface area contributed by atoms with E-state index in [0.29, 0.717) is 24.3 Å². The summed E-state index contributed by atoms with van der Waals surface area (Å²) in [5.74, 6) is 1.11. The maximum Gasteiger partial charge on any atom is 0.237 e. The van der Waals surface area contributed by atoms with E-state index in [0.717, 1.165) is 48.0 Å². The number of carbonyl (C=O) groups excluding carboxylic acids is 1. The Balaban J connectivity index is 1.59. The molecular weight excluding hydrogens is 446 g/mol. The summed E-state index contributed by atoms with van der Waals surface area (Å²) < 4.78 is 7.60. The van der Waals surface area contributed by atoms with E-state index in [-0.39, 0.29) is 11.2 Å². The number of ether oxygens (including phenoxy) is 1. The first-order valence-corrected chi connectivity index (χ1v) is 12.8. The van der Waals surface area contributed by atoms with Crippen molar-refractivity contribution in [3.63, 3.8) is 0 Å². The third-order valence-electron chi connectivity index (χ3n) is 6.28. The second-order valence-corrected chi connectivity index (χ2v) is 9.96. The zero-order valence-corrected chi connectivity index (χ0v) is 21.1. The normalized spacial score (nSPS) is 15.7. The molecule has 180 valence electrons. The van der Waals surface area contributed by atoms with Crippen LogP contribution in [-0.4, -0.2) is 52.2 Å². The molecule has 0 aliphatic carbocycles. The average molecular weight is 480 g/mol. The van der Waals surface area contributed by atoms with Gasteiger partial charge in [0.15, 0.2) is 5.16 Å². The first-order chi connectivity index (χ1) is 16.5. The molecule has 1 amide bonds. The van der Waals surface area contributed by atoms with Gasteiger partial charge in [0, 0.05) is 18.8 Å². The zero-order valence-electron chi connectivity index (χ0n) is 20.3. The Morgan fingerprint density at radius 2 is 1.79 bits per heavy atom. The first-order valence-electron chi connectivity index (χ1n) is 11.9. The van der Waals surface area contributed by atoms with Crippen molar-refractivity contribution in [2.45, 2.75) is 50.4 Å². The maximum atomic E-state index is 13.2. The van der Waals surface area contributed by atoms with Crippen LogP contribution in [0, 0.1) is 6.92 Å². The minimum absolute atomic E-state index is 0.0481. The monoisotopic (exact) mass is 479 g/mol. The molecule has 0 unspecified atom stereocenters. The van der Waals surface area contributed by atoms with Crippen LogP contribution >= 0.6 is 11.8 Å². The summed E-state index contributed by atoms with van der Waals surface area (Å²) in [6.45, 7) is 11.2. The van der Waals surface area contributed by atoms with E-state index in [2.05, 4.69) is 64.0 Å². The molecule has 1 N–H and O–H groups in total. The van der Waals surface area contributed by atoms with E-state index in [1.165, 1.54) is 11.8 Å². The Morgan fingerprint density at radius 1 is 1.09 bits per heavy atom. The van der Waals surface area contributed by atoms with E-state index in [1.54, 1.807) is 0 Å². The number of rotatable bonds is 8. The minimum atomic E-state index is -0.352. The highest BCUT2D eigenvalue weighted by atomic mass is 32.2. The van der Waals surface area contributed by atoms with Crippen molar-refractivity contribution in [3.8, 4) is 5.69 Å². The number of carbonyl (C=O) groups is 1. The molecular formula is C26H33N5O2S. The molecule has 34 heavy (non-hydrogen) atoms. The van der Waals surface area contributed by atoms with Gasteiger partial charge >= 0.3 is 0 Å². The van der Waals surface area contributed by atoms with Gasteiger partial charge in [0.05, 0.1) is 24.2 Å². The van der Waals surface area contributed by atoms with Crippen LogP contribution in [0.25, 0.3) is 5.69 Å². The van der Waals surface area contributed by atoms with Crippen molar-refractivity contribution in [2.24, 2.45) is 0 Å². The number of thioether (sulfide) groups is 1. The first kappa shape index (κ1) is 24.3. The standard InChI is InChI=1S/C26H33N5O2S/c1-5-18(2)21-11-7-8-12-22(21)27-24(32)20(4)34-26-29-28-25(30-14-16-33-17-15-30)31(26)23-13-9-6-10-19(23)3/h6-13,18,20H,5,14-17H2,1-4H3,(H,27,32)/t18-,20+/m0/s1. The molecule has 0 spiro atoms. The molecule has 1 aliphatic rings. The molecule has 1 aliphatic heterocycles. The van der Waals surface area contributed by atoms with E-state index >= 15 is 0 Å². The molecule has 2 aromatic carbocycles. The Morgan fingerprint density at radius 3 is 2.53 bits per heavy atom. The van der Waals surface area contributed by atoms with Gasteiger partial charge < -0.3 is 15.0 Å². The summed E-state index contributed by atoms with van der Waals surface area (Å²) in [6, 6.07) is 16.2. The topological polar surface area (TPSA) is 72.3 Å². The Hall–Kier alpha value is -2.84. The van der Waals surface area contributed by atoms with Gasteiger partial charge in [-0.1, -0.05) is 62.0 Å². The fraction of sp³-hybridized carbons (Fsp3) is 0.423. The second kappa shape index (κ2) is 11.1. The number of nitrogens with zero attached hydrogens (tertiary/aromatic N) is 4. The number of para-hydroxylation sites is 2. The number of anilines is 2. The molecule has 2 heterocycles. The lowest BCUT2D eigenvalue weighted by Gasteiger charge is -2.28. The van der Waals surface area contributed by atoms with Gasteiger partial charge in [0.1, 0.15) is 0 Å². The molecule has 0 saturated carbocycles. The summed E-state index contributed by atoms with van der Waals surface area (Å²) >= 11 is 1.43. The number of morpholine rings is 1. The SMILES string of the molecule is CC[C@H](C)c1ccccc1NC(=O)[C@@H](C)Sc1nnc(N2CCOCC2)n1-c1ccccc1C. The third kappa shape index (κ3) is 5.28. The molecule has 0 radical (unpaired) electrons. The van der Waals surface area contributed by atoms with E-state index < -0.39 is 0 Å². The third-order valence-corrected chi connectivity index (χ3v) is 7.32. The lowest BCUT2D eigenvalue weighted by Crippen LogP contribution is -2.38. The van der Waals surface area contributed by atoms with Crippen LogP contribution in [0.2, 0.25) is 0 Å². The lowest BCUT2D eigenvalue weighted by molar-refractivity contribution is -0.115. The van der Waals surface area contributed by atoms with E-state index in [4.69, 9.17) is 4.74 Å². The smallest absolute Gasteiger partial charge is 0.237 e. The van der Waals surface area contributed by atoms with Crippen LogP contribution < -0.4 is 10.2 Å². The van der Waals surface area contributed by atoms with Crippen LogP contribution in [0.5, 0.6) is 0 Å². The molecule has 7 nitrogen and oxygen atoms in total. The zero-order chi connectivity index (χ0) is 24.1.